The van der Waals surface area contributed by atoms with E-state index < -0.39 is 0 Å². The minimum atomic E-state index is 0.0801. The zero-order valence-corrected chi connectivity index (χ0v) is 11.7. The fraction of sp³-hybridized carbons (Fsp3) is 0.538. The molecule has 2 atom stereocenters. The van der Waals surface area contributed by atoms with Gasteiger partial charge in [0.2, 0.25) is 0 Å². The van der Waals surface area contributed by atoms with Crippen LogP contribution in [0.25, 0.3) is 0 Å². The Bertz CT molecular complexity index is 375. The molecule has 2 rings (SSSR count). The standard InChI is InChI=1S/C13H17BrO3/c1-9-7-10(3-4-11(9)15-2)13(14)12-8-16-5-6-17-12/h3-4,7,12-13H,5-6,8H2,1-2H3. The monoisotopic (exact) mass is 300 g/mol. The first-order chi connectivity index (χ1) is 8.22. The molecule has 1 aromatic carbocycles. The molecule has 4 heteroatoms. The van der Waals surface area contributed by atoms with Gasteiger partial charge in [-0.2, -0.15) is 0 Å². The molecule has 17 heavy (non-hydrogen) atoms. The van der Waals surface area contributed by atoms with Crippen LogP contribution in [0.15, 0.2) is 18.2 Å². The van der Waals surface area contributed by atoms with Gasteiger partial charge in [0.25, 0.3) is 0 Å². The molecule has 94 valence electrons. The largest absolute Gasteiger partial charge is 0.496 e. The van der Waals surface area contributed by atoms with Crippen molar-refractivity contribution in [3.05, 3.63) is 29.3 Å². The number of halogens is 1. The molecule has 1 aromatic rings. The second kappa shape index (κ2) is 5.85. The van der Waals surface area contributed by atoms with E-state index in [1.165, 1.54) is 5.56 Å². The number of alkyl halides is 1. The smallest absolute Gasteiger partial charge is 0.121 e. The topological polar surface area (TPSA) is 27.7 Å². The van der Waals surface area contributed by atoms with Gasteiger partial charge in [-0.05, 0) is 24.1 Å². The summed E-state index contributed by atoms with van der Waals surface area (Å²) in [6.45, 7) is 4.04. The summed E-state index contributed by atoms with van der Waals surface area (Å²) < 4.78 is 16.4. The number of rotatable bonds is 3. The van der Waals surface area contributed by atoms with E-state index >= 15 is 0 Å². The molecule has 0 aromatic heterocycles. The van der Waals surface area contributed by atoms with E-state index in [1.54, 1.807) is 7.11 Å². The highest BCUT2D eigenvalue weighted by Crippen LogP contribution is 2.32. The van der Waals surface area contributed by atoms with Crippen molar-refractivity contribution in [1.29, 1.82) is 0 Å². The third-order valence-electron chi connectivity index (χ3n) is 2.91. The van der Waals surface area contributed by atoms with Gasteiger partial charge in [0.15, 0.2) is 0 Å². The Morgan fingerprint density at radius 1 is 1.41 bits per heavy atom. The lowest BCUT2D eigenvalue weighted by Crippen LogP contribution is -2.31. The van der Waals surface area contributed by atoms with Gasteiger partial charge in [-0.25, -0.2) is 0 Å². The lowest BCUT2D eigenvalue weighted by atomic mass is 10.0. The quantitative estimate of drug-likeness (QED) is 0.804. The summed E-state index contributed by atoms with van der Waals surface area (Å²) >= 11 is 3.68. The predicted octanol–water partition coefficient (Wildman–Crippen LogP) is 2.86. The minimum absolute atomic E-state index is 0.0801. The highest BCUT2D eigenvalue weighted by Gasteiger charge is 2.24. The van der Waals surface area contributed by atoms with Gasteiger partial charge in [-0.3, -0.25) is 0 Å². The summed E-state index contributed by atoms with van der Waals surface area (Å²) in [6.07, 6.45) is 0.0801. The Morgan fingerprint density at radius 2 is 2.24 bits per heavy atom. The molecule has 1 aliphatic heterocycles. The van der Waals surface area contributed by atoms with Crippen LogP contribution in [0.1, 0.15) is 16.0 Å². The molecule has 0 aliphatic carbocycles. The van der Waals surface area contributed by atoms with E-state index in [1.807, 2.05) is 13.0 Å². The number of hydrogen-bond acceptors (Lipinski definition) is 3. The maximum atomic E-state index is 5.69. The van der Waals surface area contributed by atoms with Gasteiger partial charge < -0.3 is 14.2 Å². The molecule has 1 saturated heterocycles. The Morgan fingerprint density at radius 3 is 2.82 bits per heavy atom. The fourth-order valence-corrected chi connectivity index (χ4v) is 2.55. The SMILES string of the molecule is COc1ccc(C(Br)C2COCCO2)cc1C. The summed E-state index contributed by atoms with van der Waals surface area (Å²) in [5.41, 5.74) is 2.32. The molecular formula is C13H17BrO3. The van der Waals surface area contributed by atoms with Crippen LogP contribution in [0, 0.1) is 6.92 Å². The van der Waals surface area contributed by atoms with Crippen molar-refractivity contribution in [1.82, 2.24) is 0 Å². The summed E-state index contributed by atoms with van der Waals surface area (Å²) in [7, 11) is 1.69. The maximum Gasteiger partial charge on any atom is 0.121 e. The highest BCUT2D eigenvalue weighted by molar-refractivity contribution is 9.09. The Kier molecular flexibility index (Phi) is 4.42. The molecular weight excluding hydrogens is 284 g/mol. The second-order valence-corrected chi connectivity index (χ2v) is 5.10. The number of ether oxygens (including phenoxy) is 3. The van der Waals surface area contributed by atoms with Gasteiger partial charge in [0.05, 0.1) is 37.9 Å². The molecule has 1 aliphatic rings. The van der Waals surface area contributed by atoms with E-state index in [2.05, 4.69) is 28.1 Å². The first kappa shape index (κ1) is 12.9. The summed E-state index contributed by atoms with van der Waals surface area (Å²) in [5.74, 6) is 0.911. The molecule has 0 radical (unpaired) electrons. The Labute approximate surface area is 110 Å². The number of methoxy groups -OCH3 is 1. The van der Waals surface area contributed by atoms with E-state index in [0.717, 1.165) is 11.3 Å². The van der Waals surface area contributed by atoms with Crippen LogP contribution in [0.5, 0.6) is 5.75 Å². The molecule has 0 amide bonds. The van der Waals surface area contributed by atoms with Crippen LogP contribution >= 0.6 is 15.9 Å². The Hall–Kier alpha value is -0.580. The van der Waals surface area contributed by atoms with Crippen molar-refractivity contribution in [2.45, 2.75) is 17.9 Å². The van der Waals surface area contributed by atoms with Gasteiger partial charge >= 0.3 is 0 Å². The normalized spacial score (nSPS) is 22.2. The number of aryl methyl sites for hydroxylation is 1. The van der Waals surface area contributed by atoms with Crippen LogP contribution < -0.4 is 4.74 Å². The maximum absolute atomic E-state index is 5.69. The van der Waals surface area contributed by atoms with E-state index in [9.17, 15) is 0 Å². The van der Waals surface area contributed by atoms with E-state index in [4.69, 9.17) is 14.2 Å². The zero-order valence-electron chi connectivity index (χ0n) is 10.1. The molecule has 0 spiro atoms. The lowest BCUT2D eigenvalue weighted by Gasteiger charge is -2.27. The van der Waals surface area contributed by atoms with Crippen LogP contribution in [0.3, 0.4) is 0 Å². The summed E-state index contributed by atoms with van der Waals surface area (Å²) in [4.78, 5) is 0.160. The van der Waals surface area contributed by atoms with Gasteiger partial charge in [-0.15, -0.1) is 0 Å². The van der Waals surface area contributed by atoms with Gasteiger partial charge in [-0.1, -0.05) is 28.1 Å². The van der Waals surface area contributed by atoms with E-state index in [-0.39, 0.29) is 10.9 Å². The molecule has 0 N–H and O–H groups in total. The average Bonchev–Trinajstić information content (AvgIpc) is 2.39. The molecule has 3 nitrogen and oxygen atoms in total. The first-order valence-corrected chi connectivity index (χ1v) is 6.62. The van der Waals surface area contributed by atoms with Crippen molar-refractivity contribution in [2.75, 3.05) is 26.9 Å². The van der Waals surface area contributed by atoms with E-state index in [0.29, 0.717) is 19.8 Å². The lowest BCUT2D eigenvalue weighted by molar-refractivity contribution is -0.0876. The predicted molar refractivity (Wildman–Crippen MR) is 70.0 cm³/mol. The average molecular weight is 301 g/mol. The van der Waals surface area contributed by atoms with Crippen LogP contribution in [-0.4, -0.2) is 33.0 Å². The minimum Gasteiger partial charge on any atom is -0.496 e. The molecule has 1 heterocycles. The van der Waals surface area contributed by atoms with Gasteiger partial charge in [0.1, 0.15) is 5.75 Å². The summed E-state index contributed by atoms with van der Waals surface area (Å²) in [5, 5.41) is 0. The number of benzene rings is 1. The van der Waals surface area contributed by atoms with Crippen molar-refractivity contribution < 1.29 is 14.2 Å². The summed E-state index contributed by atoms with van der Waals surface area (Å²) in [6, 6.07) is 6.17. The Balaban J connectivity index is 2.12. The molecule has 0 bridgehead atoms. The molecule has 1 fully saturated rings. The van der Waals surface area contributed by atoms with Crippen LogP contribution in [0.2, 0.25) is 0 Å². The molecule has 2 unspecified atom stereocenters. The van der Waals surface area contributed by atoms with Crippen molar-refractivity contribution in [2.24, 2.45) is 0 Å². The highest BCUT2D eigenvalue weighted by atomic mass is 79.9. The van der Waals surface area contributed by atoms with Crippen LogP contribution in [0.4, 0.5) is 0 Å². The van der Waals surface area contributed by atoms with Crippen molar-refractivity contribution in [3.8, 4) is 5.75 Å². The van der Waals surface area contributed by atoms with Gasteiger partial charge in [0, 0.05) is 0 Å². The molecule has 0 saturated carbocycles. The van der Waals surface area contributed by atoms with Crippen LogP contribution in [-0.2, 0) is 9.47 Å². The fourth-order valence-electron chi connectivity index (χ4n) is 1.96. The number of hydrogen-bond donors (Lipinski definition) is 0. The first-order valence-electron chi connectivity index (χ1n) is 5.70. The second-order valence-electron chi connectivity index (χ2n) is 4.11. The zero-order chi connectivity index (χ0) is 12.3. The third-order valence-corrected chi connectivity index (χ3v) is 4.02. The van der Waals surface area contributed by atoms with Crippen molar-refractivity contribution in [3.63, 3.8) is 0 Å². The van der Waals surface area contributed by atoms with Crippen molar-refractivity contribution >= 4 is 15.9 Å². The third kappa shape index (κ3) is 3.00.